The standard InChI is InChI=1S/C27H38N2O3/c1-17-8-9-18(2)22(14-17)29-12-10-28(11-13-29)16-21-24-23(32-26(21)31)15-20-7-5-6-19(3)27(20,4)25(24)30/h7-9,14,19,21,23-25,30H,5-6,10-13,15-16H2,1-4H3/t19-,21-,23+,24+,25-,27+/m0/s1. The number of piperazine rings is 1. The van der Waals surface area contributed by atoms with Gasteiger partial charge >= 0.3 is 5.97 Å². The molecule has 5 nitrogen and oxygen atoms in total. The maximum Gasteiger partial charge on any atom is 0.311 e. The molecule has 4 aliphatic rings. The van der Waals surface area contributed by atoms with Gasteiger partial charge in [0.15, 0.2) is 0 Å². The number of fused-ring (bicyclic) bond motifs is 2. The lowest BCUT2D eigenvalue weighted by Crippen LogP contribution is -2.55. The van der Waals surface area contributed by atoms with Crippen molar-refractivity contribution in [1.29, 1.82) is 0 Å². The molecule has 174 valence electrons. The van der Waals surface area contributed by atoms with Crippen LogP contribution < -0.4 is 4.90 Å². The van der Waals surface area contributed by atoms with Gasteiger partial charge in [0.2, 0.25) is 0 Å². The molecule has 1 aromatic rings. The van der Waals surface area contributed by atoms with E-state index in [1.807, 2.05) is 0 Å². The number of carbonyl (C=O) groups is 1. The first kappa shape index (κ1) is 22.0. The Balaban J connectivity index is 1.28. The van der Waals surface area contributed by atoms with Gasteiger partial charge in [-0.15, -0.1) is 0 Å². The summed E-state index contributed by atoms with van der Waals surface area (Å²) in [4.78, 5) is 17.8. The van der Waals surface area contributed by atoms with Crippen LogP contribution >= 0.6 is 0 Å². The van der Waals surface area contributed by atoms with Crippen LogP contribution in [0.25, 0.3) is 0 Å². The number of aliphatic hydroxyl groups is 1. The summed E-state index contributed by atoms with van der Waals surface area (Å²) in [6.07, 6.45) is 4.59. The predicted molar refractivity (Wildman–Crippen MR) is 127 cm³/mol. The number of allylic oxidation sites excluding steroid dienone is 1. The van der Waals surface area contributed by atoms with Crippen LogP contribution in [0.5, 0.6) is 0 Å². The van der Waals surface area contributed by atoms with Gasteiger partial charge in [-0.1, -0.05) is 37.6 Å². The molecular formula is C27H38N2O3. The van der Waals surface area contributed by atoms with Gasteiger partial charge in [0, 0.05) is 56.2 Å². The van der Waals surface area contributed by atoms with E-state index in [2.05, 4.69) is 61.8 Å². The van der Waals surface area contributed by atoms with Gasteiger partial charge in [-0.25, -0.2) is 0 Å². The Labute approximate surface area is 192 Å². The Morgan fingerprint density at radius 1 is 1.19 bits per heavy atom. The Morgan fingerprint density at radius 2 is 1.94 bits per heavy atom. The second-order valence-electron chi connectivity index (χ2n) is 10.9. The Hall–Kier alpha value is -1.85. The number of anilines is 1. The van der Waals surface area contributed by atoms with Crippen LogP contribution in [-0.2, 0) is 9.53 Å². The molecule has 5 rings (SSSR count). The summed E-state index contributed by atoms with van der Waals surface area (Å²) in [7, 11) is 0. The summed E-state index contributed by atoms with van der Waals surface area (Å²) in [5.74, 6) is -0.000529. The summed E-state index contributed by atoms with van der Waals surface area (Å²) in [6, 6.07) is 6.64. The van der Waals surface area contributed by atoms with Gasteiger partial charge in [-0.3, -0.25) is 9.69 Å². The number of esters is 1. The van der Waals surface area contributed by atoms with Crippen LogP contribution in [0.4, 0.5) is 5.69 Å². The minimum atomic E-state index is -0.518. The molecule has 0 radical (unpaired) electrons. The molecule has 1 N–H and O–H groups in total. The first-order valence-electron chi connectivity index (χ1n) is 12.4. The van der Waals surface area contributed by atoms with E-state index in [9.17, 15) is 9.90 Å². The quantitative estimate of drug-likeness (QED) is 0.576. The van der Waals surface area contributed by atoms with E-state index in [4.69, 9.17) is 4.74 Å². The third kappa shape index (κ3) is 3.49. The van der Waals surface area contributed by atoms with Crippen molar-refractivity contribution in [1.82, 2.24) is 4.90 Å². The van der Waals surface area contributed by atoms with E-state index in [-0.39, 0.29) is 29.3 Å². The molecule has 1 saturated carbocycles. The lowest BCUT2D eigenvalue weighted by Gasteiger charge is -2.52. The Morgan fingerprint density at radius 3 is 2.69 bits per heavy atom. The Bertz CT molecular complexity index is 919. The molecule has 1 aromatic carbocycles. The number of hydrogen-bond donors (Lipinski definition) is 1. The van der Waals surface area contributed by atoms with Gasteiger partial charge in [0.05, 0.1) is 12.0 Å². The van der Waals surface area contributed by atoms with Crippen molar-refractivity contribution in [2.24, 2.45) is 23.2 Å². The number of aliphatic hydroxyl groups excluding tert-OH is 1. The van der Waals surface area contributed by atoms with Crippen LogP contribution in [0.15, 0.2) is 29.8 Å². The minimum Gasteiger partial charge on any atom is -0.461 e. The van der Waals surface area contributed by atoms with Gasteiger partial charge in [-0.2, -0.15) is 0 Å². The summed E-state index contributed by atoms with van der Waals surface area (Å²) >= 11 is 0. The average Bonchev–Trinajstić information content (AvgIpc) is 3.08. The molecule has 2 aliphatic carbocycles. The average molecular weight is 439 g/mol. The molecule has 0 unspecified atom stereocenters. The second-order valence-corrected chi connectivity index (χ2v) is 10.9. The number of rotatable bonds is 3. The summed E-state index contributed by atoms with van der Waals surface area (Å²) in [5, 5.41) is 11.6. The highest BCUT2D eigenvalue weighted by atomic mass is 16.6. The maximum absolute atomic E-state index is 12.9. The van der Waals surface area contributed by atoms with Crippen LogP contribution in [0, 0.1) is 37.0 Å². The van der Waals surface area contributed by atoms with Gasteiger partial charge < -0.3 is 14.7 Å². The second kappa shape index (κ2) is 8.18. The smallest absolute Gasteiger partial charge is 0.311 e. The molecule has 0 bridgehead atoms. The van der Waals surface area contributed by atoms with Crippen LogP contribution in [0.1, 0.15) is 44.2 Å². The van der Waals surface area contributed by atoms with Gasteiger partial charge in [-0.05, 0) is 49.8 Å². The molecule has 2 saturated heterocycles. The van der Waals surface area contributed by atoms with Crippen molar-refractivity contribution in [2.45, 2.75) is 59.2 Å². The van der Waals surface area contributed by atoms with Crippen LogP contribution in [0.2, 0.25) is 0 Å². The molecule has 0 amide bonds. The van der Waals surface area contributed by atoms with E-state index in [1.165, 1.54) is 22.4 Å². The van der Waals surface area contributed by atoms with Gasteiger partial charge in [0.25, 0.3) is 0 Å². The topological polar surface area (TPSA) is 53.0 Å². The SMILES string of the molecule is Cc1ccc(C)c(N2CCN(C[C@@H]3C(=O)O[C@@H]4CC5=CCC[C@H](C)[C@@]5(C)[C@@H](O)[C@H]34)CC2)c1. The third-order valence-electron chi connectivity index (χ3n) is 9.10. The fourth-order valence-corrected chi connectivity index (χ4v) is 6.78. The highest BCUT2D eigenvalue weighted by Gasteiger charge is 2.59. The molecule has 0 spiro atoms. The fourth-order valence-electron chi connectivity index (χ4n) is 6.78. The predicted octanol–water partition coefficient (Wildman–Crippen LogP) is 3.71. The zero-order valence-corrected chi connectivity index (χ0v) is 20.0. The van der Waals surface area contributed by atoms with E-state index in [1.54, 1.807) is 0 Å². The highest BCUT2D eigenvalue weighted by Crippen LogP contribution is 2.56. The third-order valence-corrected chi connectivity index (χ3v) is 9.10. The van der Waals surface area contributed by atoms with E-state index in [0.717, 1.165) is 45.4 Å². The molecule has 2 aliphatic heterocycles. The first-order chi connectivity index (χ1) is 15.3. The van der Waals surface area contributed by atoms with Crippen molar-refractivity contribution >= 4 is 11.7 Å². The van der Waals surface area contributed by atoms with Gasteiger partial charge in [0.1, 0.15) is 6.10 Å². The summed E-state index contributed by atoms with van der Waals surface area (Å²) < 4.78 is 5.86. The highest BCUT2D eigenvalue weighted by molar-refractivity contribution is 5.76. The lowest BCUT2D eigenvalue weighted by molar-refractivity contribution is -0.145. The van der Waals surface area contributed by atoms with E-state index >= 15 is 0 Å². The maximum atomic E-state index is 12.9. The lowest BCUT2D eigenvalue weighted by atomic mass is 9.55. The fraction of sp³-hybridized carbons (Fsp3) is 0.667. The molecular weight excluding hydrogens is 400 g/mol. The number of aryl methyl sites for hydroxylation is 2. The number of benzene rings is 1. The van der Waals surface area contributed by atoms with Crippen LogP contribution in [-0.4, -0.2) is 60.9 Å². The molecule has 0 aromatic heterocycles. The monoisotopic (exact) mass is 438 g/mol. The van der Waals surface area contributed by atoms with Crippen molar-refractivity contribution in [2.75, 3.05) is 37.6 Å². The normalized spacial score (nSPS) is 37.5. The summed E-state index contributed by atoms with van der Waals surface area (Å²) in [6.45, 7) is 13.3. The van der Waals surface area contributed by atoms with E-state index in [0.29, 0.717) is 12.5 Å². The number of hydrogen-bond acceptors (Lipinski definition) is 5. The summed E-state index contributed by atoms with van der Waals surface area (Å²) in [5.41, 5.74) is 5.01. The zero-order valence-electron chi connectivity index (χ0n) is 20.0. The number of nitrogens with zero attached hydrogens (tertiary/aromatic N) is 2. The van der Waals surface area contributed by atoms with Crippen molar-refractivity contribution < 1.29 is 14.6 Å². The first-order valence-corrected chi connectivity index (χ1v) is 12.4. The minimum absolute atomic E-state index is 0.0951. The van der Waals surface area contributed by atoms with Crippen LogP contribution in [0.3, 0.4) is 0 Å². The van der Waals surface area contributed by atoms with Crippen molar-refractivity contribution in [3.63, 3.8) is 0 Å². The largest absolute Gasteiger partial charge is 0.461 e. The molecule has 6 atom stereocenters. The Kier molecular flexibility index (Phi) is 5.61. The zero-order chi connectivity index (χ0) is 22.6. The van der Waals surface area contributed by atoms with Crippen molar-refractivity contribution in [3.05, 3.63) is 41.0 Å². The molecule has 2 heterocycles. The number of carbonyl (C=O) groups excluding carboxylic acids is 1. The molecule has 5 heteroatoms. The molecule has 3 fully saturated rings. The van der Waals surface area contributed by atoms with Crippen molar-refractivity contribution in [3.8, 4) is 0 Å². The van der Waals surface area contributed by atoms with E-state index < -0.39 is 6.10 Å². The number of ether oxygens (including phenoxy) is 1. The molecule has 32 heavy (non-hydrogen) atoms.